The zero-order valence-electron chi connectivity index (χ0n) is 17.3. The predicted octanol–water partition coefficient (Wildman–Crippen LogP) is 7.38. The third kappa shape index (κ3) is 5.52. The van der Waals surface area contributed by atoms with Crippen molar-refractivity contribution < 1.29 is 17.2 Å². The third-order valence-electron chi connectivity index (χ3n) is 5.62. The van der Waals surface area contributed by atoms with Crippen molar-refractivity contribution in [3.05, 3.63) is 101 Å². The number of benzene rings is 2. The average Bonchev–Trinajstić information content (AvgIpc) is 2.74. The molecule has 164 valence electrons. The van der Waals surface area contributed by atoms with Crippen LogP contribution in [0.25, 0.3) is 0 Å². The van der Waals surface area contributed by atoms with E-state index in [1.807, 2.05) is 12.2 Å². The Morgan fingerprint density at radius 1 is 1.16 bits per heavy atom. The first kappa shape index (κ1) is 23.4. The van der Waals surface area contributed by atoms with Gasteiger partial charge in [0.1, 0.15) is 16.9 Å². The molecule has 0 heterocycles. The van der Waals surface area contributed by atoms with Gasteiger partial charge in [-0.1, -0.05) is 47.6 Å². The smallest absolute Gasteiger partial charge is 0.186 e. The highest BCUT2D eigenvalue weighted by atomic mass is 35.5. The topological polar surface area (TPSA) is 34.1 Å². The van der Waals surface area contributed by atoms with Gasteiger partial charge in [0.25, 0.3) is 0 Å². The SMILES string of the molecule is C=C(C)C(CCC1=CC=CCC1)C(c1cc(F)ccc1F)S(=O)(=O)c1ccc(Cl)cc1. The zero-order chi connectivity index (χ0) is 22.6. The van der Waals surface area contributed by atoms with E-state index >= 15 is 0 Å². The Balaban J connectivity index is 2.09. The van der Waals surface area contributed by atoms with Crippen LogP contribution in [0.3, 0.4) is 0 Å². The number of allylic oxidation sites excluding steroid dienone is 5. The standard InChI is InChI=1S/C25H25ClF2O2S/c1-17(2)22(14-8-18-6-4-3-5-7-18)25(23-16-20(27)11-15-24(23)28)31(29,30)21-12-9-19(26)10-13-21/h3-4,6,9-13,15-16,22,25H,1,5,7-8,14H2,2H3. The maximum atomic E-state index is 14.8. The lowest BCUT2D eigenvalue weighted by molar-refractivity contribution is 0.482. The fourth-order valence-corrected chi connectivity index (χ4v) is 6.21. The van der Waals surface area contributed by atoms with Gasteiger partial charge in [-0.25, -0.2) is 17.2 Å². The predicted molar refractivity (Wildman–Crippen MR) is 122 cm³/mol. The lowest BCUT2D eigenvalue weighted by atomic mass is 9.86. The fourth-order valence-electron chi connectivity index (χ4n) is 3.96. The van der Waals surface area contributed by atoms with E-state index in [-0.39, 0.29) is 10.5 Å². The van der Waals surface area contributed by atoms with Crippen molar-refractivity contribution in [3.8, 4) is 0 Å². The van der Waals surface area contributed by atoms with Crippen LogP contribution in [0.4, 0.5) is 8.78 Å². The van der Waals surface area contributed by atoms with Crippen molar-refractivity contribution in [2.75, 3.05) is 0 Å². The Labute approximate surface area is 187 Å². The maximum Gasteiger partial charge on any atom is 0.186 e. The molecule has 1 aliphatic rings. The minimum absolute atomic E-state index is 0.0108. The Hall–Kier alpha value is -2.24. The first-order valence-corrected chi connectivity index (χ1v) is 12.1. The molecule has 0 fully saturated rings. The summed E-state index contributed by atoms with van der Waals surface area (Å²) in [6.45, 7) is 5.74. The molecule has 31 heavy (non-hydrogen) atoms. The summed E-state index contributed by atoms with van der Waals surface area (Å²) in [6, 6.07) is 8.67. The van der Waals surface area contributed by atoms with Crippen LogP contribution in [-0.4, -0.2) is 8.42 Å². The summed E-state index contributed by atoms with van der Waals surface area (Å²) in [4.78, 5) is 0.0108. The monoisotopic (exact) mass is 462 g/mol. The van der Waals surface area contributed by atoms with E-state index in [1.165, 1.54) is 29.8 Å². The molecule has 2 atom stereocenters. The summed E-state index contributed by atoms with van der Waals surface area (Å²) in [5, 5.41) is -0.914. The van der Waals surface area contributed by atoms with E-state index in [1.54, 1.807) is 6.92 Å². The van der Waals surface area contributed by atoms with Crippen molar-refractivity contribution >= 4 is 21.4 Å². The minimum atomic E-state index is -4.07. The molecule has 2 aromatic rings. The molecule has 0 aliphatic heterocycles. The molecule has 3 rings (SSSR count). The number of hydrogen-bond acceptors (Lipinski definition) is 2. The maximum absolute atomic E-state index is 14.8. The van der Waals surface area contributed by atoms with E-state index in [0.717, 1.165) is 31.0 Å². The lowest BCUT2D eigenvalue weighted by Gasteiger charge is -2.29. The van der Waals surface area contributed by atoms with E-state index in [4.69, 9.17) is 11.6 Å². The van der Waals surface area contributed by atoms with Crippen molar-refractivity contribution in [2.24, 2.45) is 5.92 Å². The summed E-state index contributed by atoms with van der Waals surface area (Å²) < 4.78 is 56.3. The van der Waals surface area contributed by atoms with Crippen molar-refractivity contribution in [1.82, 2.24) is 0 Å². The van der Waals surface area contributed by atoms with Crippen molar-refractivity contribution in [1.29, 1.82) is 0 Å². The Bertz CT molecular complexity index is 1120. The normalized spacial score (nSPS) is 15.9. The van der Waals surface area contributed by atoms with Crippen LogP contribution < -0.4 is 0 Å². The van der Waals surface area contributed by atoms with Crippen LogP contribution in [0.5, 0.6) is 0 Å². The van der Waals surface area contributed by atoms with Crippen LogP contribution in [-0.2, 0) is 9.84 Å². The molecule has 0 bridgehead atoms. The molecule has 0 saturated carbocycles. The quantitative estimate of drug-likeness (QED) is 0.383. The molecule has 0 amide bonds. The molecule has 2 nitrogen and oxygen atoms in total. The summed E-state index contributed by atoms with van der Waals surface area (Å²) in [6.07, 6.45) is 9.06. The van der Waals surface area contributed by atoms with Gasteiger partial charge < -0.3 is 0 Å². The largest absolute Gasteiger partial charge is 0.223 e. The molecule has 0 spiro atoms. The van der Waals surface area contributed by atoms with Gasteiger partial charge in [-0.3, -0.25) is 0 Å². The van der Waals surface area contributed by atoms with Crippen LogP contribution in [0.15, 0.2) is 83.3 Å². The van der Waals surface area contributed by atoms with Gasteiger partial charge in [-0.15, -0.1) is 0 Å². The minimum Gasteiger partial charge on any atom is -0.223 e. The number of sulfone groups is 1. The van der Waals surface area contributed by atoms with Gasteiger partial charge in [0.2, 0.25) is 0 Å². The Morgan fingerprint density at radius 2 is 1.87 bits per heavy atom. The molecule has 6 heteroatoms. The van der Waals surface area contributed by atoms with Gasteiger partial charge in [-0.05, 0) is 75.1 Å². The second kappa shape index (κ2) is 9.92. The molecule has 0 saturated heterocycles. The van der Waals surface area contributed by atoms with Crippen LogP contribution in [0, 0.1) is 17.6 Å². The summed E-state index contributed by atoms with van der Waals surface area (Å²) >= 11 is 5.92. The zero-order valence-corrected chi connectivity index (χ0v) is 18.9. The molecule has 2 unspecified atom stereocenters. The summed E-state index contributed by atoms with van der Waals surface area (Å²) in [5.41, 5.74) is 1.63. The van der Waals surface area contributed by atoms with Crippen LogP contribution >= 0.6 is 11.6 Å². The van der Waals surface area contributed by atoms with E-state index in [0.29, 0.717) is 23.4 Å². The highest BCUT2D eigenvalue weighted by Gasteiger charge is 2.38. The Kier molecular flexibility index (Phi) is 7.50. The Morgan fingerprint density at radius 3 is 2.48 bits per heavy atom. The highest BCUT2D eigenvalue weighted by Crippen LogP contribution is 2.42. The van der Waals surface area contributed by atoms with Gasteiger partial charge >= 0.3 is 0 Å². The molecular formula is C25H25ClF2O2S. The average molecular weight is 463 g/mol. The molecule has 0 radical (unpaired) electrons. The first-order chi connectivity index (χ1) is 14.7. The fraction of sp³-hybridized carbons (Fsp3) is 0.280. The van der Waals surface area contributed by atoms with E-state index in [9.17, 15) is 17.2 Å². The second-order valence-corrected chi connectivity index (χ2v) is 10.4. The summed E-state index contributed by atoms with van der Waals surface area (Å²) in [5.74, 6) is -2.04. The second-order valence-electron chi connectivity index (χ2n) is 7.87. The lowest BCUT2D eigenvalue weighted by Crippen LogP contribution is -2.25. The van der Waals surface area contributed by atoms with Gasteiger partial charge in [0.15, 0.2) is 9.84 Å². The van der Waals surface area contributed by atoms with Crippen molar-refractivity contribution in [3.63, 3.8) is 0 Å². The summed E-state index contributed by atoms with van der Waals surface area (Å²) in [7, 11) is -4.07. The van der Waals surface area contributed by atoms with Gasteiger partial charge in [0.05, 0.1) is 4.90 Å². The molecule has 0 N–H and O–H groups in total. The van der Waals surface area contributed by atoms with Crippen LogP contribution in [0.2, 0.25) is 5.02 Å². The van der Waals surface area contributed by atoms with Crippen molar-refractivity contribution in [2.45, 2.75) is 42.8 Å². The highest BCUT2D eigenvalue weighted by molar-refractivity contribution is 7.91. The molecular weight excluding hydrogens is 438 g/mol. The molecule has 2 aromatic carbocycles. The van der Waals surface area contributed by atoms with Gasteiger partial charge in [0, 0.05) is 16.5 Å². The molecule has 1 aliphatic carbocycles. The van der Waals surface area contributed by atoms with Crippen LogP contribution in [0.1, 0.15) is 43.4 Å². The number of hydrogen-bond donors (Lipinski definition) is 0. The molecule has 0 aromatic heterocycles. The number of halogens is 3. The first-order valence-electron chi connectivity index (χ1n) is 10.1. The number of rotatable bonds is 8. The third-order valence-corrected chi connectivity index (χ3v) is 8.05. The van der Waals surface area contributed by atoms with Gasteiger partial charge in [-0.2, -0.15) is 0 Å². The van der Waals surface area contributed by atoms with E-state index in [2.05, 4.69) is 12.7 Å². The van der Waals surface area contributed by atoms with E-state index < -0.39 is 32.6 Å².